The maximum atomic E-state index is 9.35. The van der Waals surface area contributed by atoms with Crippen molar-refractivity contribution in [2.24, 2.45) is 0 Å². The summed E-state index contributed by atoms with van der Waals surface area (Å²) in [5.41, 5.74) is 2.59. The van der Waals surface area contributed by atoms with Gasteiger partial charge >= 0.3 is 0 Å². The lowest BCUT2D eigenvalue weighted by molar-refractivity contribution is 0.187. The van der Waals surface area contributed by atoms with E-state index in [0.717, 1.165) is 24.3 Å². The fourth-order valence-electron chi connectivity index (χ4n) is 1.78. The maximum Gasteiger partial charge on any atom is 0.0611 e. The van der Waals surface area contributed by atoms with Crippen molar-refractivity contribution in [1.82, 2.24) is 0 Å². The van der Waals surface area contributed by atoms with Crippen LogP contribution in [0.3, 0.4) is 0 Å². The van der Waals surface area contributed by atoms with Crippen LogP contribution in [0.2, 0.25) is 5.02 Å². The Kier molecular flexibility index (Phi) is 2.90. The van der Waals surface area contributed by atoms with Gasteiger partial charge in [0.25, 0.3) is 0 Å². The van der Waals surface area contributed by atoms with Gasteiger partial charge in [0.1, 0.15) is 0 Å². The topological polar surface area (TPSA) is 20.2 Å². The summed E-state index contributed by atoms with van der Waals surface area (Å²) in [6, 6.07) is 7.88. The second kappa shape index (κ2) is 4.16. The van der Waals surface area contributed by atoms with Crippen molar-refractivity contribution < 1.29 is 5.11 Å². The largest absolute Gasteiger partial charge is 0.392 e. The molecule has 1 aromatic rings. The minimum absolute atomic E-state index is 0.155. The Balaban J connectivity index is 2.01. The minimum Gasteiger partial charge on any atom is -0.392 e. The van der Waals surface area contributed by atoms with Crippen LogP contribution < -0.4 is 0 Å². The average molecular weight is 209 g/mol. The van der Waals surface area contributed by atoms with Gasteiger partial charge in [0.15, 0.2) is 0 Å². The monoisotopic (exact) mass is 208 g/mol. The van der Waals surface area contributed by atoms with Gasteiger partial charge in [-0.15, -0.1) is 0 Å². The highest BCUT2D eigenvalue weighted by Gasteiger charge is 2.13. The maximum absolute atomic E-state index is 9.35. The molecule has 0 saturated heterocycles. The van der Waals surface area contributed by atoms with Gasteiger partial charge in [-0.05, 0) is 37.0 Å². The Bertz CT molecular complexity index is 340. The molecular formula is C12H13ClO. The van der Waals surface area contributed by atoms with E-state index in [0.29, 0.717) is 0 Å². The van der Waals surface area contributed by atoms with Crippen LogP contribution in [-0.4, -0.2) is 11.2 Å². The third-order valence-electron chi connectivity index (χ3n) is 2.52. The Labute approximate surface area is 89.0 Å². The van der Waals surface area contributed by atoms with Crippen molar-refractivity contribution in [1.29, 1.82) is 0 Å². The Hall–Kier alpha value is -0.790. The first-order valence-corrected chi connectivity index (χ1v) is 5.22. The number of benzene rings is 1. The zero-order chi connectivity index (χ0) is 9.97. The predicted molar refractivity (Wildman–Crippen MR) is 58.5 cm³/mol. The Morgan fingerprint density at radius 3 is 2.57 bits per heavy atom. The van der Waals surface area contributed by atoms with Crippen LogP contribution in [0.4, 0.5) is 0 Å². The zero-order valence-electron chi connectivity index (χ0n) is 7.91. The lowest BCUT2D eigenvalue weighted by Gasteiger charge is -2.03. The molecule has 1 aromatic carbocycles. The van der Waals surface area contributed by atoms with Crippen molar-refractivity contribution in [3.63, 3.8) is 0 Å². The summed E-state index contributed by atoms with van der Waals surface area (Å²) in [6.07, 6.45) is 4.55. The summed E-state index contributed by atoms with van der Waals surface area (Å²) >= 11 is 5.80. The lowest BCUT2D eigenvalue weighted by atomic mass is 10.0. The molecule has 1 aliphatic carbocycles. The van der Waals surface area contributed by atoms with Gasteiger partial charge < -0.3 is 5.11 Å². The molecule has 2 heteroatoms. The van der Waals surface area contributed by atoms with Crippen LogP contribution in [0, 0.1) is 0 Å². The van der Waals surface area contributed by atoms with Crippen molar-refractivity contribution in [3.05, 3.63) is 46.5 Å². The van der Waals surface area contributed by atoms with E-state index in [1.54, 1.807) is 0 Å². The van der Waals surface area contributed by atoms with Gasteiger partial charge in [-0.3, -0.25) is 0 Å². The number of aliphatic hydroxyl groups is 1. The predicted octanol–water partition coefficient (Wildman–Crippen LogP) is 2.96. The SMILES string of the molecule is OC1CC=C(Cc2ccc(Cl)cc2)C1. The number of halogens is 1. The fraction of sp³-hybridized carbons (Fsp3) is 0.333. The average Bonchev–Trinajstić information content (AvgIpc) is 2.56. The molecule has 0 saturated carbocycles. The molecule has 0 aliphatic heterocycles. The van der Waals surface area contributed by atoms with Crippen LogP contribution >= 0.6 is 11.6 Å². The lowest BCUT2D eigenvalue weighted by Crippen LogP contribution is -1.99. The summed E-state index contributed by atoms with van der Waals surface area (Å²) in [7, 11) is 0. The molecule has 1 nitrogen and oxygen atoms in total. The van der Waals surface area contributed by atoms with Crippen LogP contribution in [0.1, 0.15) is 18.4 Å². The quantitative estimate of drug-likeness (QED) is 0.741. The summed E-state index contributed by atoms with van der Waals surface area (Å²) in [5, 5.41) is 10.1. The molecule has 2 rings (SSSR count). The first kappa shape index (κ1) is 9.75. The van der Waals surface area contributed by atoms with Crippen LogP contribution in [-0.2, 0) is 6.42 Å². The molecule has 0 spiro atoms. The fourth-order valence-corrected chi connectivity index (χ4v) is 1.91. The molecule has 0 radical (unpaired) electrons. The smallest absolute Gasteiger partial charge is 0.0611 e. The molecule has 0 fully saturated rings. The van der Waals surface area contributed by atoms with Crippen LogP contribution in [0.25, 0.3) is 0 Å². The molecule has 1 N–H and O–H groups in total. The van der Waals surface area contributed by atoms with E-state index in [2.05, 4.69) is 6.08 Å². The molecule has 14 heavy (non-hydrogen) atoms. The molecular weight excluding hydrogens is 196 g/mol. The van der Waals surface area contributed by atoms with Gasteiger partial charge in [-0.25, -0.2) is 0 Å². The summed E-state index contributed by atoms with van der Waals surface area (Å²) in [4.78, 5) is 0. The summed E-state index contributed by atoms with van der Waals surface area (Å²) in [6.45, 7) is 0. The van der Waals surface area contributed by atoms with E-state index in [9.17, 15) is 5.11 Å². The van der Waals surface area contributed by atoms with E-state index < -0.39 is 0 Å². The van der Waals surface area contributed by atoms with Crippen LogP contribution in [0.15, 0.2) is 35.9 Å². The third-order valence-corrected chi connectivity index (χ3v) is 2.77. The molecule has 0 bridgehead atoms. The van der Waals surface area contributed by atoms with Crippen molar-refractivity contribution >= 4 is 11.6 Å². The van der Waals surface area contributed by atoms with E-state index in [1.807, 2.05) is 24.3 Å². The summed E-state index contributed by atoms with van der Waals surface area (Å²) in [5.74, 6) is 0. The molecule has 1 atom stereocenters. The van der Waals surface area contributed by atoms with Crippen molar-refractivity contribution in [2.75, 3.05) is 0 Å². The number of hydrogen-bond donors (Lipinski definition) is 1. The normalized spacial score (nSPS) is 21.0. The first-order chi connectivity index (χ1) is 6.74. The van der Waals surface area contributed by atoms with Crippen molar-refractivity contribution in [3.8, 4) is 0 Å². The summed E-state index contributed by atoms with van der Waals surface area (Å²) < 4.78 is 0. The highest BCUT2D eigenvalue weighted by atomic mass is 35.5. The minimum atomic E-state index is -0.155. The second-order valence-corrected chi connectivity index (χ2v) is 4.20. The highest BCUT2D eigenvalue weighted by molar-refractivity contribution is 6.30. The second-order valence-electron chi connectivity index (χ2n) is 3.76. The number of aliphatic hydroxyl groups excluding tert-OH is 1. The van der Waals surface area contributed by atoms with E-state index in [1.165, 1.54) is 11.1 Å². The van der Waals surface area contributed by atoms with Gasteiger partial charge in [-0.2, -0.15) is 0 Å². The standard InChI is InChI=1S/C12H13ClO/c13-11-4-1-9(2-5-11)7-10-3-6-12(14)8-10/h1-5,12,14H,6-8H2. The molecule has 1 aliphatic rings. The van der Waals surface area contributed by atoms with E-state index in [-0.39, 0.29) is 6.10 Å². The van der Waals surface area contributed by atoms with E-state index >= 15 is 0 Å². The van der Waals surface area contributed by atoms with Gasteiger partial charge in [0, 0.05) is 5.02 Å². The zero-order valence-corrected chi connectivity index (χ0v) is 8.67. The molecule has 1 unspecified atom stereocenters. The third kappa shape index (κ3) is 2.37. The first-order valence-electron chi connectivity index (χ1n) is 4.84. The molecule has 0 heterocycles. The van der Waals surface area contributed by atoms with Gasteiger partial charge in [-0.1, -0.05) is 35.4 Å². The number of hydrogen-bond acceptors (Lipinski definition) is 1. The van der Waals surface area contributed by atoms with Gasteiger partial charge in [0.05, 0.1) is 6.10 Å². The molecule has 0 aromatic heterocycles. The number of rotatable bonds is 2. The highest BCUT2D eigenvalue weighted by Crippen LogP contribution is 2.22. The Morgan fingerprint density at radius 2 is 2.00 bits per heavy atom. The van der Waals surface area contributed by atoms with Crippen LogP contribution in [0.5, 0.6) is 0 Å². The van der Waals surface area contributed by atoms with Gasteiger partial charge in [0.2, 0.25) is 0 Å². The molecule has 0 amide bonds. The molecule has 74 valence electrons. The van der Waals surface area contributed by atoms with E-state index in [4.69, 9.17) is 11.6 Å². The Morgan fingerprint density at radius 1 is 1.29 bits per heavy atom. The van der Waals surface area contributed by atoms with Crippen molar-refractivity contribution in [2.45, 2.75) is 25.4 Å².